The molecule has 2 aromatic carbocycles. The smallest absolute Gasteiger partial charge is 0.162 e. The second-order valence-corrected chi connectivity index (χ2v) is 25.9. The molecule has 2 N–H and O–H groups in total. The number of unbranched alkanes of at least 4 members (excludes halogenated alkanes) is 20. The second-order valence-electron chi connectivity index (χ2n) is 25.9. The normalized spacial score (nSPS) is 15.5. The molecule has 2 fully saturated rings. The van der Waals surface area contributed by atoms with E-state index in [0.29, 0.717) is 36.5 Å². The van der Waals surface area contributed by atoms with Crippen LogP contribution in [0.4, 0.5) is 0 Å². The highest BCUT2D eigenvalue weighted by Crippen LogP contribution is 2.41. The minimum absolute atomic E-state index is 0.192. The molecule has 4 rings (SSSR count). The van der Waals surface area contributed by atoms with Crippen molar-refractivity contribution >= 4 is 11.6 Å². The number of ketones is 2. The Labute approximate surface area is 455 Å². The first-order valence-electron chi connectivity index (χ1n) is 29.8. The Balaban J connectivity index is 0.000000431. The van der Waals surface area contributed by atoms with Crippen LogP contribution in [0.3, 0.4) is 0 Å². The van der Waals surface area contributed by atoms with Gasteiger partial charge in [0.15, 0.2) is 11.6 Å². The Hall–Kier alpha value is -3.48. The van der Waals surface area contributed by atoms with Gasteiger partial charge in [0.25, 0.3) is 0 Å². The van der Waals surface area contributed by atoms with E-state index < -0.39 is 0 Å². The van der Waals surface area contributed by atoms with Crippen LogP contribution in [0.1, 0.15) is 306 Å². The van der Waals surface area contributed by atoms with Gasteiger partial charge in [-0.3, -0.25) is 9.59 Å². The van der Waals surface area contributed by atoms with Crippen molar-refractivity contribution < 1.29 is 29.3 Å². The van der Waals surface area contributed by atoms with Crippen LogP contribution in [0, 0.1) is 0 Å². The number of aromatic hydroxyl groups is 2. The first kappa shape index (κ1) is 66.6. The third-order valence-corrected chi connectivity index (χ3v) is 14.5. The molecule has 6 nitrogen and oxygen atoms in total. The maximum Gasteiger partial charge on any atom is 0.162 e. The predicted molar refractivity (Wildman–Crippen MR) is 318 cm³/mol. The highest BCUT2D eigenvalue weighted by molar-refractivity contribution is 5.97. The summed E-state index contributed by atoms with van der Waals surface area (Å²) in [6, 6.07) is 7.65. The van der Waals surface area contributed by atoms with Gasteiger partial charge in [0.05, 0.1) is 25.4 Å². The number of ether oxygens (including phenoxy) is 2. The number of phenolic OH excluding ortho intramolecular Hbond substituents is 2. The van der Waals surface area contributed by atoms with Crippen LogP contribution < -0.4 is 0 Å². The Kier molecular flexibility index (Phi) is 31.5. The predicted octanol–water partition coefficient (Wildman–Crippen LogP) is 20.0. The largest absolute Gasteiger partial charge is 0.507 e. The van der Waals surface area contributed by atoms with E-state index in [2.05, 4.69) is 108 Å². The lowest BCUT2D eigenvalue weighted by Gasteiger charge is -2.28. The highest BCUT2D eigenvalue weighted by atomic mass is 16.6. The summed E-state index contributed by atoms with van der Waals surface area (Å²) in [5, 5.41) is 21.7. The van der Waals surface area contributed by atoms with E-state index in [9.17, 15) is 19.8 Å². The standard InChI is InChI=1S/C33H54O3.C25H40O2.C10H18O/c1-32(2,3)28-23-26(24-29(31(28)35)33(4,5)6)30(34)22-20-18-16-14-12-10-8-7-9-11-13-15-17-19-21-27-25-36-27;1-8-9-10-11-12-13-14-15-16-22(26)19-17-20(24(2,3)4)23(27)21(18-19)25(5,6)7;1-2-3-4-5-6-7-8-10-9-11-10/h7,9,23-24,27,35H,8,10-22,25H2,1-6H3;8,17-18,27H,1,9-16H2,2-7H3;2,10H,1,3-9H2/b9-7+;;. The lowest BCUT2D eigenvalue weighted by molar-refractivity contribution is 0.0970. The van der Waals surface area contributed by atoms with E-state index in [0.717, 1.165) is 78.7 Å². The molecule has 6 heteroatoms. The summed E-state index contributed by atoms with van der Waals surface area (Å²) >= 11 is 0. The van der Waals surface area contributed by atoms with E-state index in [4.69, 9.17) is 9.47 Å². The summed E-state index contributed by atoms with van der Waals surface area (Å²) in [4.78, 5) is 25.8. The zero-order valence-corrected chi connectivity index (χ0v) is 49.9. The molecule has 0 aliphatic carbocycles. The summed E-state index contributed by atoms with van der Waals surface area (Å²) in [5.41, 5.74) is 4.13. The van der Waals surface area contributed by atoms with Crippen LogP contribution in [0.5, 0.6) is 11.5 Å². The minimum Gasteiger partial charge on any atom is -0.507 e. The van der Waals surface area contributed by atoms with Crippen molar-refractivity contribution in [3.8, 4) is 11.5 Å². The molecule has 0 aromatic heterocycles. The van der Waals surface area contributed by atoms with Gasteiger partial charge in [-0.05, 0) is 123 Å². The average Bonchev–Trinajstić information content (AvgIpc) is 4.27. The van der Waals surface area contributed by atoms with Crippen molar-refractivity contribution in [2.24, 2.45) is 0 Å². The van der Waals surface area contributed by atoms with Crippen LogP contribution >= 0.6 is 0 Å². The summed E-state index contributed by atoms with van der Waals surface area (Å²) in [7, 11) is 0. The van der Waals surface area contributed by atoms with Crippen molar-refractivity contribution in [1.29, 1.82) is 0 Å². The van der Waals surface area contributed by atoms with Crippen LogP contribution in [0.2, 0.25) is 0 Å². The number of allylic oxidation sites excluding steroid dienone is 4. The third-order valence-electron chi connectivity index (χ3n) is 14.5. The number of benzene rings is 2. The van der Waals surface area contributed by atoms with Gasteiger partial charge < -0.3 is 19.7 Å². The Morgan fingerprint density at radius 3 is 0.932 bits per heavy atom. The molecule has 74 heavy (non-hydrogen) atoms. The molecule has 2 aromatic rings. The van der Waals surface area contributed by atoms with E-state index in [-0.39, 0.29) is 33.2 Å². The zero-order chi connectivity index (χ0) is 55.2. The zero-order valence-electron chi connectivity index (χ0n) is 49.9. The molecule has 2 aliphatic rings. The summed E-state index contributed by atoms with van der Waals surface area (Å²) in [6.07, 6.45) is 43.2. The number of Topliss-reactive ketones (excluding diaryl/α,β-unsaturated/α-hetero) is 2. The molecule has 0 saturated carbocycles. The van der Waals surface area contributed by atoms with Gasteiger partial charge in [0.1, 0.15) is 11.5 Å². The van der Waals surface area contributed by atoms with Crippen molar-refractivity contribution in [2.45, 2.75) is 297 Å². The second kappa shape index (κ2) is 35.0. The molecular formula is C68H112O6. The number of carbonyl (C=O) groups is 2. The summed E-state index contributed by atoms with van der Waals surface area (Å²) in [6.45, 7) is 34.5. The van der Waals surface area contributed by atoms with Crippen LogP contribution in [-0.2, 0) is 31.1 Å². The average molecular weight is 1030 g/mol. The van der Waals surface area contributed by atoms with Crippen molar-refractivity contribution in [3.63, 3.8) is 0 Å². The van der Waals surface area contributed by atoms with Gasteiger partial charge in [-0.15, -0.1) is 13.2 Å². The van der Waals surface area contributed by atoms with Gasteiger partial charge >= 0.3 is 0 Å². The van der Waals surface area contributed by atoms with Gasteiger partial charge in [-0.25, -0.2) is 0 Å². The molecular weight excluding hydrogens is 913 g/mol. The van der Waals surface area contributed by atoms with Crippen molar-refractivity contribution in [3.05, 3.63) is 95.1 Å². The molecule has 2 heterocycles. The van der Waals surface area contributed by atoms with E-state index in [1.807, 2.05) is 36.4 Å². The van der Waals surface area contributed by atoms with Gasteiger partial charge in [-0.1, -0.05) is 197 Å². The first-order valence-corrected chi connectivity index (χ1v) is 29.8. The lowest BCUT2D eigenvalue weighted by Crippen LogP contribution is -2.19. The molecule has 420 valence electrons. The molecule has 2 unspecified atom stereocenters. The quantitative estimate of drug-likeness (QED) is 0.0314. The molecule has 0 amide bonds. The molecule has 0 spiro atoms. The molecule has 0 radical (unpaired) electrons. The van der Waals surface area contributed by atoms with Crippen LogP contribution in [0.15, 0.2) is 61.7 Å². The molecule has 2 saturated heterocycles. The van der Waals surface area contributed by atoms with E-state index in [1.54, 1.807) is 0 Å². The first-order chi connectivity index (χ1) is 34.9. The fraction of sp³-hybridized carbons (Fsp3) is 0.706. The third kappa shape index (κ3) is 29.1. The number of phenols is 2. The Morgan fingerprint density at radius 2 is 0.676 bits per heavy atom. The maximum absolute atomic E-state index is 13.0. The fourth-order valence-electron chi connectivity index (χ4n) is 9.41. The van der Waals surface area contributed by atoms with Gasteiger partial charge in [-0.2, -0.15) is 0 Å². The Bertz CT molecular complexity index is 1860. The SMILES string of the molecule is C=CCCCCCCC1CO1.C=CCCCCCCCCC(=O)c1cc(C(C)(C)C)c(O)c(C(C)(C)C)c1.CC(C)(C)c1cc(C(=O)CCCCCCCC/C=C/CCCCCCC2CO2)cc(C(C)(C)C)c1O. The van der Waals surface area contributed by atoms with E-state index >= 15 is 0 Å². The molecule has 2 aliphatic heterocycles. The highest BCUT2D eigenvalue weighted by Gasteiger charge is 2.29. The maximum atomic E-state index is 13.0. The minimum atomic E-state index is -0.208. The van der Waals surface area contributed by atoms with Gasteiger partial charge in [0, 0.05) is 46.2 Å². The number of rotatable bonds is 34. The van der Waals surface area contributed by atoms with E-state index in [1.165, 1.54) is 135 Å². The number of epoxide rings is 2. The summed E-state index contributed by atoms with van der Waals surface area (Å²) < 4.78 is 10.4. The topological polar surface area (TPSA) is 99.7 Å². The van der Waals surface area contributed by atoms with Crippen molar-refractivity contribution in [1.82, 2.24) is 0 Å². The van der Waals surface area contributed by atoms with Crippen LogP contribution in [0.25, 0.3) is 0 Å². The summed E-state index contributed by atoms with van der Waals surface area (Å²) in [5.74, 6) is 1.08. The number of hydrogen-bond acceptors (Lipinski definition) is 6. The number of carbonyl (C=O) groups excluding carboxylic acids is 2. The van der Waals surface area contributed by atoms with Gasteiger partial charge in [0.2, 0.25) is 0 Å². The number of hydrogen-bond donors (Lipinski definition) is 2. The monoisotopic (exact) mass is 1020 g/mol. The molecule has 0 bridgehead atoms. The van der Waals surface area contributed by atoms with Crippen LogP contribution in [-0.4, -0.2) is 47.2 Å². The Morgan fingerprint density at radius 1 is 0.432 bits per heavy atom. The molecule has 2 atom stereocenters. The fourth-order valence-corrected chi connectivity index (χ4v) is 9.41. The lowest BCUT2D eigenvalue weighted by atomic mass is 9.78. The van der Waals surface area contributed by atoms with Crippen molar-refractivity contribution in [2.75, 3.05) is 13.2 Å².